The molecule has 142 valence electrons. The number of ether oxygens (including phenoxy) is 1. The van der Waals surface area contributed by atoms with Gasteiger partial charge in [0, 0.05) is 60.4 Å². The summed E-state index contributed by atoms with van der Waals surface area (Å²) in [4.78, 5) is 17.6. The van der Waals surface area contributed by atoms with E-state index in [1.807, 2.05) is 0 Å². The quantitative estimate of drug-likeness (QED) is 0.866. The van der Waals surface area contributed by atoms with Crippen LogP contribution in [0.2, 0.25) is 0 Å². The van der Waals surface area contributed by atoms with E-state index >= 15 is 0 Å². The van der Waals surface area contributed by atoms with E-state index in [4.69, 9.17) is 4.74 Å². The molecule has 1 aromatic carbocycles. The van der Waals surface area contributed by atoms with Gasteiger partial charge in [0.05, 0.1) is 12.4 Å². The highest BCUT2D eigenvalue weighted by molar-refractivity contribution is 5.92. The molecule has 4 nitrogen and oxygen atoms in total. The number of allylic oxidation sites excluding steroid dienone is 2. The average Bonchev–Trinajstić information content (AvgIpc) is 3.28. The number of hydrogen-bond acceptors (Lipinski definition) is 3. The Labute approximate surface area is 160 Å². The highest BCUT2D eigenvalue weighted by atomic mass is 16.5. The fourth-order valence-electron chi connectivity index (χ4n) is 5.47. The van der Waals surface area contributed by atoms with E-state index in [1.54, 1.807) is 6.08 Å². The van der Waals surface area contributed by atoms with Crippen LogP contribution in [0.3, 0.4) is 0 Å². The number of nitrogens with zero attached hydrogens (tertiary/aromatic N) is 1. The minimum absolute atomic E-state index is 0.209. The summed E-state index contributed by atoms with van der Waals surface area (Å²) >= 11 is 0. The molecule has 1 fully saturated rings. The van der Waals surface area contributed by atoms with Gasteiger partial charge in [-0.1, -0.05) is 19.1 Å². The first-order valence-electron chi connectivity index (χ1n) is 10.4. The molecule has 3 atom stereocenters. The van der Waals surface area contributed by atoms with Crippen molar-refractivity contribution in [3.63, 3.8) is 0 Å². The highest BCUT2D eigenvalue weighted by Crippen LogP contribution is 2.44. The third kappa shape index (κ3) is 3.00. The van der Waals surface area contributed by atoms with Crippen molar-refractivity contribution >= 4 is 16.7 Å². The number of likely N-dealkylation sites (tertiary alicyclic amines) is 1. The minimum Gasteiger partial charge on any atom is -0.497 e. The Bertz CT molecular complexity index is 897. The van der Waals surface area contributed by atoms with Crippen LogP contribution in [0.15, 0.2) is 36.2 Å². The number of piperidine rings is 1. The molecule has 0 radical (unpaired) electrons. The molecule has 1 saturated heterocycles. The Kier molecular flexibility index (Phi) is 4.31. The lowest BCUT2D eigenvalue weighted by Crippen LogP contribution is -2.51. The first-order valence-corrected chi connectivity index (χ1v) is 10.4. The lowest BCUT2D eigenvalue weighted by Gasteiger charge is -2.47. The van der Waals surface area contributed by atoms with Gasteiger partial charge in [0.1, 0.15) is 0 Å². The van der Waals surface area contributed by atoms with E-state index < -0.39 is 0 Å². The van der Waals surface area contributed by atoms with E-state index in [0.29, 0.717) is 24.3 Å². The van der Waals surface area contributed by atoms with E-state index in [9.17, 15) is 4.79 Å². The van der Waals surface area contributed by atoms with E-state index in [2.05, 4.69) is 41.2 Å². The van der Waals surface area contributed by atoms with E-state index in [-0.39, 0.29) is 5.78 Å². The Morgan fingerprint density at radius 1 is 1.30 bits per heavy atom. The topological polar surface area (TPSA) is 45.3 Å². The van der Waals surface area contributed by atoms with Crippen LogP contribution in [0.25, 0.3) is 10.9 Å². The predicted molar refractivity (Wildman–Crippen MR) is 107 cm³/mol. The molecule has 1 N–H and O–H groups in total. The number of benzene rings is 1. The van der Waals surface area contributed by atoms with Gasteiger partial charge in [-0.2, -0.15) is 0 Å². The Morgan fingerprint density at radius 2 is 2.22 bits per heavy atom. The van der Waals surface area contributed by atoms with Gasteiger partial charge in [-0.3, -0.25) is 9.69 Å². The van der Waals surface area contributed by atoms with Gasteiger partial charge >= 0.3 is 0 Å². The fourth-order valence-corrected chi connectivity index (χ4v) is 5.47. The Hall–Kier alpha value is -2.07. The number of aromatic amines is 1. The SMILES string of the molecule is CCCN1CC(COC2=CC(=O)CC2)CC2c3cccc4[nH]cc(c34)C[C@H]21. The van der Waals surface area contributed by atoms with Crippen LogP contribution in [0.1, 0.15) is 49.7 Å². The number of carbonyl (C=O) groups excluding carboxylic acids is 1. The molecular weight excluding hydrogens is 336 g/mol. The molecule has 1 aromatic heterocycles. The molecule has 0 spiro atoms. The molecule has 0 saturated carbocycles. The van der Waals surface area contributed by atoms with Crippen molar-refractivity contribution in [2.45, 2.75) is 51.0 Å². The summed E-state index contributed by atoms with van der Waals surface area (Å²) < 4.78 is 6.05. The van der Waals surface area contributed by atoms with Crippen LogP contribution in [-0.2, 0) is 16.0 Å². The molecule has 27 heavy (non-hydrogen) atoms. The summed E-state index contributed by atoms with van der Waals surface area (Å²) in [6.07, 6.45) is 8.81. The summed E-state index contributed by atoms with van der Waals surface area (Å²) in [5.41, 5.74) is 4.27. The Morgan fingerprint density at radius 3 is 3.04 bits per heavy atom. The molecule has 3 aliphatic rings. The minimum atomic E-state index is 0.209. The molecule has 2 unspecified atom stereocenters. The lowest BCUT2D eigenvalue weighted by atomic mass is 9.72. The molecule has 1 aliphatic heterocycles. The number of aromatic nitrogens is 1. The molecule has 0 amide bonds. The molecule has 0 bridgehead atoms. The molecule has 4 heteroatoms. The average molecular weight is 364 g/mol. The van der Waals surface area contributed by atoms with Gasteiger partial charge in [0.2, 0.25) is 0 Å². The summed E-state index contributed by atoms with van der Waals surface area (Å²) in [5.74, 6) is 2.19. The van der Waals surface area contributed by atoms with Crippen LogP contribution in [0.5, 0.6) is 0 Å². The van der Waals surface area contributed by atoms with Crippen LogP contribution in [-0.4, -0.2) is 41.4 Å². The second-order valence-corrected chi connectivity index (χ2v) is 8.45. The third-order valence-corrected chi connectivity index (χ3v) is 6.62. The van der Waals surface area contributed by atoms with Crippen molar-refractivity contribution in [3.8, 4) is 0 Å². The standard InChI is InChI=1S/C23H28N2O2/c1-2-8-25-13-15(14-27-18-7-6-17(26)11-18)9-20-19-4-3-5-21-23(19)16(12-24-21)10-22(20)25/h3-5,11-12,15,20,22,24H,2,6-10,13-14H2,1H3/t15?,20?,22-/m1/s1. The van der Waals surface area contributed by atoms with Crippen molar-refractivity contribution in [2.24, 2.45) is 5.92 Å². The number of fused-ring (bicyclic) bond motifs is 2. The summed E-state index contributed by atoms with van der Waals surface area (Å²) in [6.45, 7) is 5.26. The number of nitrogens with one attached hydrogen (secondary N) is 1. The normalized spacial score (nSPS) is 27.7. The summed E-state index contributed by atoms with van der Waals surface area (Å²) in [5, 5.41) is 1.46. The van der Waals surface area contributed by atoms with Gasteiger partial charge in [-0.05, 0) is 43.0 Å². The van der Waals surface area contributed by atoms with Crippen molar-refractivity contribution in [3.05, 3.63) is 47.4 Å². The van der Waals surface area contributed by atoms with Crippen LogP contribution in [0, 0.1) is 5.92 Å². The van der Waals surface area contributed by atoms with Crippen LogP contribution < -0.4 is 0 Å². The van der Waals surface area contributed by atoms with Crippen LogP contribution in [0.4, 0.5) is 0 Å². The summed E-state index contributed by atoms with van der Waals surface area (Å²) in [7, 11) is 0. The van der Waals surface area contributed by atoms with Gasteiger partial charge in [-0.25, -0.2) is 0 Å². The van der Waals surface area contributed by atoms with Gasteiger partial charge in [0.25, 0.3) is 0 Å². The molecule has 2 aliphatic carbocycles. The van der Waals surface area contributed by atoms with Crippen molar-refractivity contribution in [1.29, 1.82) is 0 Å². The van der Waals surface area contributed by atoms with Crippen molar-refractivity contribution in [2.75, 3.05) is 19.7 Å². The first kappa shape index (κ1) is 17.1. The number of rotatable bonds is 5. The van der Waals surface area contributed by atoms with Gasteiger partial charge < -0.3 is 9.72 Å². The zero-order valence-corrected chi connectivity index (χ0v) is 16.0. The second-order valence-electron chi connectivity index (χ2n) is 8.45. The molecule has 2 aromatic rings. The zero-order valence-electron chi connectivity index (χ0n) is 16.0. The number of carbonyl (C=O) groups is 1. The smallest absolute Gasteiger partial charge is 0.159 e. The van der Waals surface area contributed by atoms with Crippen LogP contribution >= 0.6 is 0 Å². The summed E-state index contributed by atoms with van der Waals surface area (Å²) in [6, 6.07) is 7.32. The first-order chi connectivity index (χ1) is 13.2. The molecular formula is C23H28N2O2. The van der Waals surface area contributed by atoms with Crippen molar-refractivity contribution < 1.29 is 9.53 Å². The highest BCUT2D eigenvalue weighted by Gasteiger charge is 2.40. The molecule has 2 heterocycles. The monoisotopic (exact) mass is 364 g/mol. The third-order valence-electron chi connectivity index (χ3n) is 6.62. The number of ketones is 1. The van der Waals surface area contributed by atoms with Gasteiger partial charge in [0.15, 0.2) is 5.78 Å². The van der Waals surface area contributed by atoms with E-state index in [1.165, 1.54) is 34.9 Å². The largest absolute Gasteiger partial charge is 0.497 e. The Balaban J connectivity index is 1.41. The lowest BCUT2D eigenvalue weighted by molar-refractivity contribution is -0.114. The second kappa shape index (κ2) is 6.83. The fraction of sp³-hybridized carbons (Fsp3) is 0.522. The maximum Gasteiger partial charge on any atom is 0.159 e. The number of H-pyrrole nitrogens is 1. The van der Waals surface area contributed by atoms with Crippen molar-refractivity contribution in [1.82, 2.24) is 9.88 Å². The maximum absolute atomic E-state index is 11.5. The van der Waals surface area contributed by atoms with E-state index in [0.717, 1.165) is 38.3 Å². The maximum atomic E-state index is 11.5. The zero-order chi connectivity index (χ0) is 18.4. The molecule has 5 rings (SSSR count). The van der Waals surface area contributed by atoms with Gasteiger partial charge in [-0.15, -0.1) is 0 Å². The number of hydrogen-bond donors (Lipinski definition) is 1. The predicted octanol–water partition coefficient (Wildman–Crippen LogP) is 4.17.